The summed E-state index contributed by atoms with van der Waals surface area (Å²) in [5, 5.41) is 0. The second-order valence-corrected chi connectivity index (χ2v) is 8.58. The molecule has 8 heteroatoms. The van der Waals surface area contributed by atoms with E-state index in [4.69, 9.17) is 4.74 Å². The molecule has 4 rings (SSSR count). The molecule has 138 valence electrons. The minimum atomic E-state index is -3.52. The monoisotopic (exact) mass is 374 g/mol. The van der Waals surface area contributed by atoms with Crippen molar-refractivity contribution in [3.05, 3.63) is 47.3 Å². The zero-order chi connectivity index (χ0) is 18.1. The van der Waals surface area contributed by atoms with Crippen molar-refractivity contribution in [2.24, 2.45) is 0 Å². The number of hydrogen-bond donors (Lipinski definition) is 0. The van der Waals surface area contributed by atoms with Crippen LogP contribution in [0.15, 0.2) is 35.4 Å². The Hall–Kier alpha value is -2.03. The number of morpholine rings is 1. The lowest BCUT2D eigenvalue weighted by atomic mass is 10.1. The molecule has 2 aromatic rings. The minimum absolute atomic E-state index is 0.283. The molecule has 2 aliphatic heterocycles. The van der Waals surface area contributed by atoms with Crippen LogP contribution in [0.2, 0.25) is 0 Å². The van der Waals surface area contributed by atoms with E-state index in [-0.39, 0.29) is 6.54 Å². The molecule has 0 amide bonds. The lowest BCUT2D eigenvalue weighted by Crippen LogP contribution is -2.39. The smallest absolute Gasteiger partial charge is 0.243 e. The van der Waals surface area contributed by atoms with E-state index in [2.05, 4.69) is 14.9 Å². The second-order valence-electron chi connectivity index (χ2n) is 6.64. The van der Waals surface area contributed by atoms with Crippen LogP contribution in [0.5, 0.6) is 0 Å². The first kappa shape index (κ1) is 17.4. The maximum Gasteiger partial charge on any atom is 0.243 e. The Labute approximate surface area is 153 Å². The van der Waals surface area contributed by atoms with Gasteiger partial charge in [-0.25, -0.2) is 18.4 Å². The molecule has 1 aromatic carbocycles. The van der Waals surface area contributed by atoms with Crippen LogP contribution in [-0.4, -0.2) is 55.5 Å². The van der Waals surface area contributed by atoms with E-state index in [0.29, 0.717) is 37.0 Å². The van der Waals surface area contributed by atoms with Gasteiger partial charge in [0.2, 0.25) is 16.0 Å². The van der Waals surface area contributed by atoms with Crippen molar-refractivity contribution in [3.63, 3.8) is 0 Å². The molecule has 0 atom stereocenters. The maximum absolute atomic E-state index is 13.0. The number of sulfonamides is 1. The first-order chi connectivity index (χ1) is 12.5. The highest BCUT2D eigenvalue weighted by Gasteiger charge is 2.30. The molecule has 0 aliphatic carbocycles. The predicted molar refractivity (Wildman–Crippen MR) is 97.5 cm³/mol. The number of hydrogen-bond acceptors (Lipinski definition) is 6. The largest absolute Gasteiger partial charge is 0.378 e. The van der Waals surface area contributed by atoms with Gasteiger partial charge in [-0.05, 0) is 31.0 Å². The highest BCUT2D eigenvalue weighted by Crippen LogP contribution is 2.25. The Morgan fingerprint density at radius 1 is 1.08 bits per heavy atom. The summed E-state index contributed by atoms with van der Waals surface area (Å²) in [7, 11) is -3.52. The summed E-state index contributed by atoms with van der Waals surface area (Å²) in [6, 6.07) is 6.98. The van der Waals surface area contributed by atoms with Crippen LogP contribution in [0.1, 0.15) is 16.8 Å². The number of aromatic nitrogens is 2. The Morgan fingerprint density at radius 2 is 1.81 bits per heavy atom. The molecule has 1 fully saturated rings. The quantitative estimate of drug-likeness (QED) is 0.808. The number of aryl methyl sites for hydroxylation is 1. The highest BCUT2D eigenvalue weighted by molar-refractivity contribution is 7.89. The van der Waals surface area contributed by atoms with Gasteiger partial charge in [-0.3, -0.25) is 0 Å². The van der Waals surface area contributed by atoms with Crippen LogP contribution in [0.4, 0.5) is 5.95 Å². The Bertz CT molecular complexity index is 893. The molecule has 0 radical (unpaired) electrons. The Kier molecular flexibility index (Phi) is 4.64. The van der Waals surface area contributed by atoms with Crippen LogP contribution in [0.3, 0.4) is 0 Å². The molecular weight excluding hydrogens is 352 g/mol. The van der Waals surface area contributed by atoms with E-state index < -0.39 is 10.0 Å². The van der Waals surface area contributed by atoms with Crippen molar-refractivity contribution in [3.8, 4) is 0 Å². The first-order valence-corrected chi connectivity index (χ1v) is 10.2. The summed E-state index contributed by atoms with van der Waals surface area (Å²) in [6.45, 7) is 5.50. The van der Waals surface area contributed by atoms with Crippen molar-refractivity contribution in [2.45, 2.75) is 24.8 Å². The fourth-order valence-corrected chi connectivity index (χ4v) is 4.65. The van der Waals surface area contributed by atoms with Gasteiger partial charge in [-0.1, -0.05) is 17.7 Å². The van der Waals surface area contributed by atoms with Crippen molar-refractivity contribution < 1.29 is 13.2 Å². The average Bonchev–Trinajstić information content (AvgIpc) is 2.68. The van der Waals surface area contributed by atoms with Gasteiger partial charge in [-0.15, -0.1) is 0 Å². The molecule has 1 aromatic heterocycles. The van der Waals surface area contributed by atoms with Crippen LogP contribution in [0, 0.1) is 6.92 Å². The van der Waals surface area contributed by atoms with E-state index in [1.807, 2.05) is 25.3 Å². The maximum atomic E-state index is 13.0. The van der Waals surface area contributed by atoms with Gasteiger partial charge in [0.15, 0.2) is 0 Å². The Morgan fingerprint density at radius 3 is 2.54 bits per heavy atom. The van der Waals surface area contributed by atoms with Gasteiger partial charge in [0.1, 0.15) is 0 Å². The van der Waals surface area contributed by atoms with Gasteiger partial charge in [0, 0.05) is 25.8 Å². The molecule has 0 unspecified atom stereocenters. The molecule has 0 saturated carbocycles. The topological polar surface area (TPSA) is 75.6 Å². The number of fused-ring (bicyclic) bond motifs is 1. The fraction of sp³-hybridized carbons (Fsp3) is 0.444. The minimum Gasteiger partial charge on any atom is -0.378 e. The zero-order valence-electron chi connectivity index (χ0n) is 14.8. The van der Waals surface area contributed by atoms with Gasteiger partial charge >= 0.3 is 0 Å². The fourth-order valence-electron chi connectivity index (χ4n) is 3.25. The molecule has 7 nitrogen and oxygen atoms in total. The summed E-state index contributed by atoms with van der Waals surface area (Å²) >= 11 is 0. The molecule has 2 aliphatic rings. The molecule has 26 heavy (non-hydrogen) atoms. The second kappa shape index (κ2) is 6.94. The zero-order valence-corrected chi connectivity index (χ0v) is 15.6. The Balaban J connectivity index is 1.59. The van der Waals surface area contributed by atoms with E-state index in [1.54, 1.807) is 12.1 Å². The van der Waals surface area contributed by atoms with E-state index in [1.165, 1.54) is 4.31 Å². The first-order valence-electron chi connectivity index (χ1n) is 8.78. The summed E-state index contributed by atoms with van der Waals surface area (Å²) in [4.78, 5) is 11.5. The SMILES string of the molecule is Cc1ccc(S(=O)(=O)N2CCc3cnc(N4CCOCC4)nc3C2)cc1. The van der Waals surface area contributed by atoms with Gasteiger partial charge < -0.3 is 9.64 Å². The summed E-state index contributed by atoms with van der Waals surface area (Å²) in [5.74, 6) is 0.654. The molecule has 0 spiro atoms. The molecule has 0 N–H and O–H groups in total. The number of anilines is 1. The molecule has 3 heterocycles. The number of benzene rings is 1. The van der Waals surface area contributed by atoms with Crippen molar-refractivity contribution in [2.75, 3.05) is 37.7 Å². The van der Waals surface area contributed by atoms with Crippen molar-refractivity contribution in [1.29, 1.82) is 0 Å². The normalized spacial score (nSPS) is 18.6. The third-order valence-corrected chi connectivity index (χ3v) is 6.71. The number of rotatable bonds is 3. The van der Waals surface area contributed by atoms with Crippen LogP contribution < -0.4 is 4.90 Å². The van der Waals surface area contributed by atoms with Gasteiger partial charge in [0.05, 0.1) is 30.3 Å². The van der Waals surface area contributed by atoms with Crippen molar-refractivity contribution >= 4 is 16.0 Å². The standard InChI is InChI=1S/C18H22N4O3S/c1-14-2-4-16(5-3-14)26(23,24)22-7-6-15-12-19-18(20-17(15)13-22)21-8-10-25-11-9-21/h2-5,12H,6-11,13H2,1H3. The average molecular weight is 374 g/mol. The van der Waals surface area contributed by atoms with E-state index in [9.17, 15) is 8.42 Å². The van der Waals surface area contributed by atoms with E-state index >= 15 is 0 Å². The van der Waals surface area contributed by atoms with Gasteiger partial charge in [0.25, 0.3) is 0 Å². The summed E-state index contributed by atoms with van der Waals surface area (Å²) < 4.78 is 32.8. The third-order valence-electron chi connectivity index (χ3n) is 4.85. The number of ether oxygens (including phenoxy) is 1. The predicted octanol–water partition coefficient (Wildman–Crippen LogP) is 1.37. The van der Waals surface area contributed by atoms with Gasteiger partial charge in [-0.2, -0.15) is 4.31 Å². The number of nitrogens with zero attached hydrogens (tertiary/aromatic N) is 4. The van der Waals surface area contributed by atoms with Crippen molar-refractivity contribution in [1.82, 2.24) is 14.3 Å². The molecule has 1 saturated heterocycles. The van der Waals surface area contributed by atoms with Crippen LogP contribution in [-0.2, 0) is 27.7 Å². The third kappa shape index (κ3) is 3.32. The lowest BCUT2D eigenvalue weighted by molar-refractivity contribution is 0.122. The lowest BCUT2D eigenvalue weighted by Gasteiger charge is -2.30. The van der Waals surface area contributed by atoms with Crippen LogP contribution in [0.25, 0.3) is 0 Å². The summed E-state index contributed by atoms with van der Waals surface area (Å²) in [6.07, 6.45) is 2.47. The highest BCUT2D eigenvalue weighted by atomic mass is 32.2. The molecular formula is C18H22N4O3S. The molecule has 0 bridgehead atoms. The van der Waals surface area contributed by atoms with Crippen LogP contribution >= 0.6 is 0 Å². The van der Waals surface area contributed by atoms with E-state index in [0.717, 1.165) is 29.9 Å². The summed E-state index contributed by atoms with van der Waals surface area (Å²) in [5.41, 5.74) is 2.86.